The van der Waals surface area contributed by atoms with Gasteiger partial charge in [-0.3, -0.25) is 19.2 Å². The maximum absolute atomic E-state index is 16.1. The van der Waals surface area contributed by atoms with Crippen LogP contribution in [0.4, 0.5) is 4.39 Å². The van der Waals surface area contributed by atoms with E-state index in [2.05, 4.69) is 42.5 Å². The first-order valence-electron chi connectivity index (χ1n) is 24.8. The molecule has 13 nitrogen and oxygen atoms in total. The van der Waals surface area contributed by atoms with Gasteiger partial charge in [-0.25, -0.2) is 14.0 Å². The third-order valence-corrected chi connectivity index (χ3v) is 13.0. The molecule has 0 amide bonds. The number of carbonyl (C=O) groups is 6. The molecule has 0 saturated heterocycles. The van der Waals surface area contributed by atoms with Crippen molar-refractivity contribution in [1.82, 2.24) is 0 Å². The van der Waals surface area contributed by atoms with E-state index in [1.807, 2.05) is 43.3 Å². The van der Waals surface area contributed by atoms with Crippen molar-refractivity contribution in [2.45, 2.75) is 130 Å². The Morgan fingerprint density at radius 2 is 1.20 bits per heavy atom. The summed E-state index contributed by atoms with van der Waals surface area (Å²) < 4.78 is 53.9. The molecule has 0 aliphatic heterocycles. The van der Waals surface area contributed by atoms with Crippen LogP contribution in [0.2, 0.25) is 0 Å². The lowest BCUT2D eigenvalue weighted by Gasteiger charge is -2.32. The van der Waals surface area contributed by atoms with Gasteiger partial charge in [0.25, 0.3) is 0 Å². The lowest BCUT2D eigenvalue weighted by atomic mass is 9.77. The Balaban J connectivity index is 1.73. The number of esters is 6. The zero-order chi connectivity index (χ0) is 52.1. The van der Waals surface area contributed by atoms with E-state index in [0.717, 1.165) is 66.4 Å². The minimum atomic E-state index is -1.60. The SMILES string of the molecule is C=C(C)C(=O)OCCCc1cc(-c2ccc(-c3ccc(C4CCC(CCCCC)CC4)cc3F)cc2CC)c(CC)cc1OCC(COC(=O)CC(=O)OC)(COC(=O)CC(=O)OC)COC(=O)C(=C)C. The molecule has 0 spiro atoms. The third kappa shape index (κ3) is 17.5. The van der Waals surface area contributed by atoms with Gasteiger partial charge in [-0.15, -0.1) is 0 Å². The summed E-state index contributed by atoms with van der Waals surface area (Å²) in [4.78, 5) is 74.6. The first-order valence-corrected chi connectivity index (χ1v) is 24.8. The summed E-state index contributed by atoms with van der Waals surface area (Å²) in [7, 11) is 2.23. The second-order valence-electron chi connectivity index (χ2n) is 18.6. The summed E-state index contributed by atoms with van der Waals surface area (Å²) in [5, 5.41) is 0. The van der Waals surface area contributed by atoms with Gasteiger partial charge in [0.1, 0.15) is 56.3 Å². The molecule has 1 fully saturated rings. The average molecular weight is 985 g/mol. The fourth-order valence-electron chi connectivity index (χ4n) is 8.67. The normalized spacial score (nSPS) is 14.4. The number of aryl methyl sites for hydroxylation is 3. The van der Waals surface area contributed by atoms with Crippen molar-refractivity contribution < 1.29 is 66.3 Å². The van der Waals surface area contributed by atoms with E-state index in [4.69, 9.17) is 23.7 Å². The predicted octanol–water partition coefficient (Wildman–Crippen LogP) is 10.9. The number of benzene rings is 3. The van der Waals surface area contributed by atoms with Gasteiger partial charge in [0.2, 0.25) is 0 Å². The van der Waals surface area contributed by atoms with Crippen LogP contribution in [0.15, 0.2) is 72.8 Å². The topological polar surface area (TPSA) is 167 Å². The van der Waals surface area contributed by atoms with Crippen LogP contribution >= 0.6 is 0 Å². The van der Waals surface area contributed by atoms with Crippen molar-refractivity contribution in [2.75, 3.05) is 47.3 Å². The van der Waals surface area contributed by atoms with Gasteiger partial charge < -0.3 is 33.2 Å². The Bertz CT molecular complexity index is 2320. The molecule has 0 aromatic heterocycles. The van der Waals surface area contributed by atoms with Crippen molar-refractivity contribution in [3.8, 4) is 28.0 Å². The van der Waals surface area contributed by atoms with Crippen LogP contribution in [-0.2, 0) is 76.5 Å². The van der Waals surface area contributed by atoms with E-state index in [1.54, 1.807) is 13.0 Å². The largest absolute Gasteiger partial charge is 0.492 e. The molecule has 386 valence electrons. The standard InChI is InChI=1S/C57H73FO13/c1-10-13-14-16-39-18-20-42(21-19-39)43-22-25-47(49(58)29-43)44-23-24-46(40(11-2)27-44)48-28-45(17-15-26-67-55(63)37(4)5)50(30-41(48)12-3)68-33-57(36-71-56(64)38(6)7,34-69-53(61)31-51(59)65-8)35-70-54(62)32-52(60)66-9/h22-25,27-30,39,42H,4,6,10-21,26,31-36H2,1-3,5,7-9H3. The molecule has 0 bridgehead atoms. The quantitative estimate of drug-likeness (QED) is 0.0222. The Kier molecular flexibility index (Phi) is 23.0. The Morgan fingerprint density at radius 3 is 1.76 bits per heavy atom. The van der Waals surface area contributed by atoms with E-state index in [1.165, 1.54) is 45.4 Å². The summed E-state index contributed by atoms with van der Waals surface area (Å²) in [5.74, 6) is -3.70. The van der Waals surface area contributed by atoms with Crippen LogP contribution in [0.3, 0.4) is 0 Å². The summed E-state index contributed by atoms with van der Waals surface area (Å²) in [6, 6.07) is 15.6. The molecule has 0 heterocycles. The van der Waals surface area contributed by atoms with Gasteiger partial charge in [-0.05, 0) is 134 Å². The van der Waals surface area contributed by atoms with Crippen molar-refractivity contribution in [1.29, 1.82) is 0 Å². The lowest BCUT2D eigenvalue weighted by molar-refractivity contribution is -0.165. The Morgan fingerprint density at radius 1 is 0.620 bits per heavy atom. The fourth-order valence-corrected chi connectivity index (χ4v) is 8.67. The zero-order valence-corrected chi connectivity index (χ0v) is 42.8. The van der Waals surface area contributed by atoms with Crippen LogP contribution in [0.25, 0.3) is 22.3 Å². The highest BCUT2D eigenvalue weighted by molar-refractivity contribution is 5.92. The summed E-state index contributed by atoms with van der Waals surface area (Å²) in [5.41, 5.74) is 5.53. The van der Waals surface area contributed by atoms with Gasteiger partial charge in [0, 0.05) is 16.7 Å². The fraction of sp³-hybridized carbons (Fsp3) is 0.509. The Hall–Kier alpha value is -6.31. The second-order valence-corrected chi connectivity index (χ2v) is 18.6. The smallest absolute Gasteiger partial charge is 0.333 e. The highest BCUT2D eigenvalue weighted by Gasteiger charge is 2.38. The molecule has 0 N–H and O–H groups in total. The highest BCUT2D eigenvalue weighted by Crippen LogP contribution is 2.41. The molecule has 1 aliphatic carbocycles. The van der Waals surface area contributed by atoms with Crippen LogP contribution in [0.1, 0.15) is 133 Å². The van der Waals surface area contributed by atoms with Gasteiger partial charge in [-0.1, -0.05) is 89.9 Å². The maximum atomic E-state index is 16.1. The van der Waals surface area contributed by atoms with E-state index in [9.17, 15) is 28.8 Å². The van der Waals surface area contributed by atoms with Gasteiger partial charge >= 0.3 is 35.8 Å². The molecular formula is C57H73FO13. The summed E-state index contributed by atoms with van der Waals surface area (Å²) in [6.07, 6.45) is 10.1. The van der Waals surface area contributed by atoms with E-state index < -0.39 is 73.9 Å². The first kappa shape index (κ1) is 57.3. The highest BCUT2D eigenvalue weighted by atomic mass is 19.1. The molecule has 0 radical (unpaired) electrons. The second kappa shape index (κ2) is 28.5. The van der Waals surface area contributed by atoms with Gasteiger partial charge in [0.15, 0.2) is 0 Å². The van der Waals surface area contributed by atoms with Crippen molar-refractivity contribution in [3.63, 3.8) is 0 Å². The molecule has 1 aliphatic rings. The van der Waals surface area contributed by atoms with Gasteiger partial charge in [-0.2, -0.15) is 0 Å². The van der Waals surface area contributed by atoms with Crippen LogP contribution < -0.4 is 4.74 Å². The van der Waals surface area contributed by atoms with Crippen LogP contribution in [0, 0.1) is 17.2 Å². The number of carbonyl (C=O) groups excluding carboxylic acids is 6. The molecule has 71 heavy (non-hydrogen) atoms. The average Bonchev–Trinajstić information content (AvgIpc) is 3.36. The summed E-state index contributed by atoms with van der Waals surface area (Å²) >= 11 is 0. The molecule has 1 saturated carbocycles. The zero-order valence-electron chi connectivity index (χ0n) is 42.8. The molecule has 0 unspecified atom stereocenters. The molecule has 4 rings (SSSR count). The maximum Gasteiger partial charge on any atom is 0.333 e. The summed E-state index contributed by atoms with van der Waals surface area (Å²) in [6.45, 7) is 14.6. The van der Waals surface area contributed by atoms with Crippen LogP contribution in [0.5, 0.6) is 5.75 Å². The molecule has 3 aromatic carbocycles. The number of hydrogen-bond donors (Lipinski definition) is 0. The molecule has 14 heteroatoms. The van der Waals surface area contributed by atoms with Crippen LogP contribution in [-0.4, -0.2) is 83.1 Å². The molecule has 0 atom stereocenters. The molecule has 3 aromatic rings. The monoisotopic (exact) mass is 985 g/mol. The lowest BCUT2D eigenvalue weighted by Crippen LogP contribution is -2.44. The minimum Gasteiger partial charge on any atom is -0.492 e. The van der Waals surface area contributed by atoms with E-state index in [0.29, 0.717) is 48.5 Å². The Labute approximate surface area is 418 Å². The number of unbranched alkanes of at least 4 members (excludes halogenated alkanes) is 2. The number of rotatable bonds is 28. The number of ether oxygens (including phenoxy) is 7. The predicted molar refractivity (Wildman–Crippen MR) is 268 cm³/mol. The van der Waals surface area contributed by atoms with E-state index in [-0.39, 0.29) is 30.2 Å². The minimum absolute atomic E-state index is 0.0613. The van der Waals surface area contributed by atoms with E-state index >= 15 is 4.39 Å². The van der Waals surface area contributed by atoms with Crippen molar-refractivity contribution in [2.24, 2.45) is 11.3 Å². The third-order valence-electron chi connectivity index (χ3n) is 13.0. The van der Waals surface area contributed by atoms with Crippen molar-refractivity contribution in [3.05, 3.63) is 101 Å². The molecular weight excluding hydrogens is 912 g/mol. The van der Waals surface area contributed by atoms with Crippen molar-refractivity contribution >= 4 is 35.8 Å². The van der Waals surface area contributed by atoms with Gasteiger partial charge in [0.05, 0.1) is 20.8 Å². The number of methoxy groups -OCH3 is 2. The number of halogens is 1. The first-order chi connectivity index (χ1) is 34.0. The number of hydrogen-bond acceptors (Lipinski definition) is 13.